The Kier molecular flexibility index (Phi) is 6.04. The molecule has 2 aromatic carbocycles. The number of carbonyl (C=O) groups excluding carboxylic acids is 2. The van der Waals surface area contributed by atoms with Crippen LogP contribution < -0.4 is 19.7 Å². The number of rotatable bonds is 7. The van der Waals surface area contributed by atoms with Gasteiger partial charge in [-0.2, -0.15) is 4.72 Å². The van der Waals surface area contributed by atoms with E-state index in [0.717, 1.165) is 0 Å². The fourth-order valence-corrected chi connectivity index (χ4v) is 3.94. The van der Waals surface area contributed by atoms with Crippen molar-refractivity contribution in [1.29, 1.82) is 0 Å². The number of anilines is 2. The van der Waals surface area contributed by atoms with Crippen molar-refractivity contribution in [2.24, 2.45) is 0 Å². The van der Waals surface area contributed by atoms with E-state index in [1.807, 2.05) is 0 Å². The first-order valence-electron chi connectivity index (χ1n) is 8.82. The van der Waals surface area contributed by atoms with Crippen LogP contribution in [0, 0.1) is 0 Å². The third-order valence-corrected chi connectivity index (χ3v) is 5.84. The summed E-state index contributed by atoms with van der Waals surface area (Å²) < 4.78 is 37.2. The van der Waals surface area contributed by atoms with Gasteiger partial charge in [0.15, 0.2) is 0 Å². The number of nitrogens with zero attached hydrogens (tertiary/aromatic N) is 1. The first kappa shape index (κ1) is 20.6. The molecule has 1 saturated heterocycles. The van der Waals surface area contributed by atoms with Gasteiger partial charge in [0.2, 0.25) is 15.9 Å². The van der Waals surface area contributed by atoms with Crippen LogP contribution in [-0.4, -0.2) is 46.7 Å². The second kappa shape index (κ2) is 8.50. The highest BCUT2D eigenvalue weighted by Crippen LogP contribution is 2.22. The highest BCUT2D eigenvalue weighted by atomic mass is 32.2. The van der Waals surface area contributed by atoms with Crippen LogP contribution in [0.25, 0.3) is 0 Å². The van der Waals surface area contributed by atoms with E-state index in [0.29, 0.717) is 30.3 Å². The lowest BCUT2D eigenvalue weighted by molar-refractivity contribution is -0.117. The maximum absolute atomic E-state index is 12.5. The molecule has 1 fully saturated rings. The van der Waals surface area contributed by atoms with E-state index in [2.05, 4.69) is 10.0 Å². The van der Waals surface area contributed by atoms with Crippen LogP contribution in [0.5, 0.6) is 5.75 Å². The van der Waals surface area contributed by atoms with E-state index in [1.54, 1.807) is 24.3 Å². The lowest BCUT2D eigenvalue weighted by Crippen LogP contribution is -2.41. The van der Waals surface area contributed by atoms with Crippen molar-refractivity contribution in [3.05, 3.63) is 48.5 Å². The number of sulfonamides is 1. The summed E-state index contributed by atoms with van der Waals surface area (Å²) in [5, 5.41) is 2.65. The number of hydrogen-bond donors (Lipinski definition) is 2. The molecule has 3 rings (SSSR count). The van der Waals surface area contributed by atoms with Gasteiger partial charge >= 0.3 is 6.09 Å². The summed E-state index contributed by atoms with van der Waals surface area (Å²) in [4.78, 5) is 25.6. The molecule has 1 heterocycles. The topological polar surface area (TPSA) is 114 Å². The third kappa shape index (κ3) is 4.84. The molecule has 2 aromatic rings. The predicted octanol–water partition coefficient (Wildman–Crippen LogP) is 1.96. The largest absolute Gasteiger partial charge is 0.497 e. The summed E-state index contributed by atoms with van der Waals surface area (Å²) in [5.74, 6) is -0.0141. The van der Waals surface area contributed by atoms with Crippen molar-refractivity contribution in [1.82, 2.24) is 4.72 Å². The minimum absolute atomic E-state index is 0.0208. The van der Waals surface area contributed by atoms with Crippen molar-refractivity contribution in [3.8, 4) is 5.75 Å². The number of ether oxygens (including phenoxy) is 2. The first-order chi connectivity index (χ1) is 13.8. The molecule has 154 valence electrons. The number of cyclic esters (lactones) is 1. The zero-order chi connectivity index (χ0) is 21.0. The number of carbonyl (C=O) groups is 2. The van der Waals surface area contributed by atoms with Crippen molar-refractivity contribution in [2.45, 2.75) is 17.9 Å². The Balaban J connectivity index is 1.66. The van der Waals surface area contributed by atoms with E-state index in [-0.39, 0.29) is 4.90 Å². The van der Waals surface area contributed by atoms with E-state index >= 15 is 0 Å². The Morgan fingerprint density at radius 2 is 1.93 bits per heavy atom. The molecule has 0 saturated carbocycles. The van der Waals surface area contributed by atoms with Crippen LogP contribution >= 0.6 is 0 Å². The molecule has 2 amide bonds. The molecule has 1 aliphatic heterocycles. The highest BCUT2D eigenvalue weighted by Gasteiger charge is 2.25. The number of amides is 2. The monoisotopic (exact) mass is 419 g/mol. The van der Waals surface area contributed by atoms with Crippen LogP contribution in [0.1, 0.15) is 6.92 Å². The summed E-state index contributed by atoms with van der Waals surface area (Å²) in [5.41, 5.74) is 1.01. The average Bonchev–Trinajstić information content (AvgIpc) is 3.14. The standard InChI is InChI=1S/C19H21N3O6S/c1-13(21-29(25,26)17-8-6-16(27-2)7-9-17)18(23)20-14-4-3-5-15(12-14)22-10-11-28-19(22)24/h3-9,12-13,21H,10-11H2,1-2H3,(H,20,23)/t13-/m0/s1. The van der Waals surface area contributed by atoms with E-state index in [9.17, 15) is 18.0 Å². The SMILES string of the molecule is COc1ccc(S(=O)(=O)N[C@@H](C)C(=O)Nc2cccc(N3CCOC3=O)c2)cc1. The minimum atomic E-state index is -3.89. The minimum Gasteiger partial charge on any atom is -0.497 e. The molecule has 29 heavy (non-hydrogen) atoms. The molecule has 1 aliphatic rings. The zero-order valence-corrected chi connectivity index (χ0v) is 16.7. The van der Waals surface area contributed by atoms with E-state index < -0.39 is 28.1 Å². The second-order valence-corrected chi connectivity index (χ2v) is 8.04. The van der Waals surface area contributed by atoms with Crippen LogP contribution in [0.15, 0.2) is 53.4 Å². The molecule has 1 atom stereocenters. The fraction of sp³-hybridized carbons (Fsp3) is 0.263. The lowest BCUT2D eigenvalue weighted by atomic mass is 10.2. The van der Waals surface area contributed by atoms with Crippen LogP contribution in [0.4, 0.5) is 16.2 Å². The smallest absolute Gasteiger partial charge is 0.414 e. The lowest BCUT2D eigenvalue weighted by Gasteiger charge is -2.17. The third-order valence-electron chi connectivity index (χ3n) is 4.28. The van der Waals surface area contributed by atoms with Gasteiger partial charge in [-0.15, -0.1) is 0 Å². The number of methoxy groups -OCH3 is 1. The first-order valence-corrected chi connectivity index (χ1v) is 10.3. The Morgan fingerprint density at radius 3 is 2.55 bits per heavy atom. The van der Waals surface area contributed by atoms with Crippen molar-refractivity contribution in [3.63, 3.8) is 0 Å². The van der Waals surface area contributed by atoms with Crippen LogP contribution in [0.2, 0.25) is 0 Å². The molecule has 9 nitrogen and oxygen atoms in total. The summed E-state index contributed by atoms with van der Waals surface area (Å²) in [6.45, 7) is 2.17. The predicted molar refractivity (Wildman–Crippen MR) is 107 cm³/mol. The second-order valence-electron chi connectivity index (χ2n) is 6.32. The maximum atomic E-state index is 12.5. The average molecular weight is 419 g/mol. The molecule has 0 bridgehead atoms. The zero-order valence-electron chi connectivity index (χ0n) is 15.9. The summed E-state index contributed by atoms with van der Waals surface area (Å²) in [6.07, 6.45) is -0.450. The van der Waals surface area contributed by atoms with Crippen LogP contribution in [-0.2, 0) is 19.6 Å². The Labute approximate surface area is 168 Å². The quantitative estimate of drug-likeness (QED) is 0.709. The normalized spacial score (nSPS) is 15.0. The number of benzene rings is 2. The summed E-state index contributed by atoms with van der Waals surface area (Å²) in [7, 11) is -2.40. The maximum Gasteiger partial charge on any atom is 0.414 e. The van der Waals surface area contributed by atoms with Gasteiger partial charge in [-0.05, 0) is 49.4 Å². The molecule has 0 aromatic heterocycles. The van der Waals surface area contributed by atoms with Crippen molar-refractivity contribution in [2.75, 3.05) is 30.5 Å². The Hall–Kier alpha value is -3.11. The van der Waals surface area contributed by atoms with E-state index in [1.165, 1.54) is 43.2 Å². The van der Waals surface area contributed by atoms with Gasteiger partial charge in [0.1, 0.15) is 12.4 Å². The van der Waals surface area contributed by atoms with Gasteiger partial charge in [-0.3, -0.25) is 9.69 Å². The number of nitrogens with one attached hydrogen (secondary N) is 2. The molecular weight excluding hydrogens is 398 g/mol. The Bertz CT molecular complexity index is 1010. The Morgan fingerprint density at radius 1 is 1.21 bits per heavy atom. The molecule has 0 unspecified atom stereocenters. The summed E-state index contributed by atoms with van der Waals surface area (Å²) in [6, 6.07) is 11.5. The van der Waals surface area contributed by atoms with Gasteiger partial charge in [0, 0.05) is 11.4 Å². The van der Waals surface area contributed by atoms with Gasteiger partial charge < -0.3 is 14.8 Å². The summed E-state index contributed by atoms with van der Waals surface area (Å²) >= 11 is 0. The van der Waals surface area contributed by atoms with Crippen molar-refractivity contribution >= 4 is 33.4 Å². The molecule has 10 heteroatoms. The molecular formula is C19H21N3O6S. The van der Waals surface area contributed by atoms with E-state index in [4.69, 9.17) is 9.47 Å². The number of hydrogen-bond acceptors (Lipinski definition) is 6. The molecule has 0 aliphatic carbocycles. The van der Waals surface area contributed by atoms with Crippen LogP contribution in [0.3, 0.4) is 0 Å². The van der Waals surface area contributed by atoms with Gasteiger partial charge in [0.25, 0.3) is 0 Å². The van der Waals surface area contributed by atoms with Gasteiger partial charge in [0.05, 0.1) is 24.6 Å². The van der Waals surface area contributed by atoms with Gasteiger partial charge in [-0.1, -0.05) is 6.07 Å². The van der Waals surface area contributed by atoms with Crippen molar-refractivity contribution < 1.29 is 27.5 Å². The van der Waals surface area contributed by atoms with Gasteiger partial charge in [-0.25, -0.2) is 13.2 Å². The molecule has 2 N–H and O–H groups in total. The molecule has 0 radical (unpaired) electrons. The molecule has 0 spiro atoms. The fourth-order valence-electron chi connectivity index (χ4n) is 2.74. The highest BCUT2D eigenvalue weighted by molar-refractivity contribution is 7.89.